The zero-order chi connectivity index (χ0) is 11.8. The fourth-order valence-electron chi connectivity index (χ4n) is 1.89. The van der Waals surface area contributed by atoms with E-state index in [1.165, 1.54) is 12.9 Å². The molecule has 1 aliphatic heterocycles. The number of thioether (sulfide) groups is 1. The molecule has 0 N–H and O–H groups in total. The van der Waals surface area contributed by atoms with Crippen LogP contribution in [-0.4, -0.2) is 48.6 Å². The standard InChI is InChI=1S/C12H21NO2S/c1-3-4-5-6-13-7-8-16-10-11(13)9-12(14)15-2/h3,11H,1,4-10H2,2H3. The molecule has 0 bridgehead atoms. The van der Waals surface area contributed by atoms with Crippen molar-refractivity contribution in [2.24, 2.45) is 0 Å². The van der Waals surface area contributed by atoms with Crippen LogP contribution in [0.2, 0.25) is 0 Å². The van der Waals surface area contributed by atoms with Crippen LogP contribution in [0.25, 0.3) is 0 Å². The van der Waals surface area contributed by atoms with Gasteiger partial charge < -0.3 is 4.74 Å². The summed E-state index contributed by atoms with van der Waals surface area (Å²) in [7, 11) is 1.46. The highest BCUT2D eigenvalue weighted by Gasteiger charge is 2.24. The summed E-state index contributed by atoms with van der Waals surface area (Å²) in [5.41, 5.74) is 0. The molecule has 1 unspecified atom stereocenters. The molecule has 1 aliphatic rings. The molecule has 1 atom stereocenters. The predicted octanol–water partition coefficient (Wildman–Crippen LogP) is 1.93. The van der Waals surface area contributed by atoms with Gasteiger partial charge in [-0.15, -0.1) is 6.58 Å². The van der Waals surface area contributed by atoms with Crippen LogP contribution < -0.4 is 0 Å². The summed E-state index contributed by atoms with van der Waals surface area (Å²) in [6, 6.07) is 0.357. The molecule has 1 fully saturated rings. The molecule has 16 heavy (non-hydrogen) atoms. The highest BCUT2D eigenvalue weighted by atomic mass is 32.2. The molecule has 0 aromatic carbocycles. The molecule has 3 nitrogen and oxygen atoms in total. The van der Waals surface area contributed by atoms with Gasteiger partial charge in [-0.2, -0.15) is 11.8 Å². The van der Waals surface area contributed by atoms with Crippen molar-refractivity contribution in [1.82, 2.24) is 4.90 Å². The van der Waals surface area contributed by atoms with Crippen molar-refractivity contribution in [3.63, 3.8) is 0 Å². The number of methoxy groups -OCH3 is 1. The normalized spacial score (nSPS) is 21.7. The first-order valence-corrected chi connectivity index (χ1v) is 6.93. The number of hydrogen-bond donors (Lipinski definition) is 0. The average Bonchev–Trinajstić information content (AvgIpc) is 2.31. The predicted molar refractivity (Wildman–Crippen MR) is 68.8 cm³/mol. The molecule has 0 aromatic rings. The third kappa shape index (κ3) is 4.58. The van der Waals surface area contributed by atoms with E-state index in [1.54, 1.807) is 0 Å². The van der Waals surface area contributed by atoms with Crippen molar-refractivity contribution >= 4 is 17.7 Å². The van der Waals surface area contributed by atoms with E-state index in [0.29, 0.717) is 12.5 Å². The molecule has 1 heterocycles. The highest BCUT2D eigenvalue weighted by molar-refractivity contribution is 7.99. The van der Waals surface area contributed by atoms with Crippen LogP contribution >= 0.6 is 11.8 Å². The minimum atomic E-state index is -0.0961. The monoisotopic (exact) mass is 243 g/mol. The molecule has 92 valence electrons. The lowest BCUT2D eigenvalue weighted by atomic mass is 10.1. The lowest BCUT2D eigenvalue weighted by Crippen LogP contribution is -2.44. The van der Waals surface area contributed by atoms with E-state index in [0.717, 1.165) is 31.7 Å². The van der Waals surface area contributed by atoms with Crippen LogP contribution in [0.1, 0.15) is 19.3 Å². The maximum absolute atomic E-state index is 11.3. The van der Waals surface area contributed by atoms with Crippen molar-refractivity contribution < 1.29 is 9.53 Å². The lowest BCUT2D eigenvalue weighted by Gasteiger charge is -2.34. The quantitative estimate of drug-likeness (QED) is 0.405. The molecule has 0 saturated carbocycles. The van der Waals surface area contributed by atoms with E-state index in [1.807, 2.05) is 17.8 Å². The van der Waals surface area contributed by atoms with Gasteiger partial charge in [-0.05, 0) is 19.4 Å². The second-order valence-electron chi connectivity index (χ2n) is 3.98. The average molecular weight is 243 g/mol. The Morgan fingerprint density at radius 1 is 1.69 bits per heavy atom. The summed E-state index contributed by atoms with van der Waals surface area (Å²) >= 11 is 1.93. The SMILES string of the molecule is C=CCCCN1CCSCC1CC(=O)OC. The van der Waals surface area contributed by atoms with Gasteiger partial charge in [0, 0.05) is 24.1 Å². The van der Waals surface area contributed by atoms with Crippen molar-refractivity contribution in [1.29, 1.82) is 0 Å². The van der Waals surface area contributed by atoms with E-state index in [4.69, 9.17) is 4.74 Å². The second-order valence-corrected chi connectivity index (χ2v) is 5.13. The van der Waals surface area contributed by atoms with Gasteiger partial charge in [-0.25, -0.2) is 0 Å². The van der Waals surface area contributed by atoms with Gasteiger partial charge in [-0.3, -0.25) is 9.69 Å². The summed E-state index contributed by atoms with van der Waals surface area (Å²) in [6.07, 6.45) is 4.66. The minimum absolute atomic E-state index is 0.0961. The lowest BCUT2D eigenvalue weighted by molar-refractivity contribution is -0.141. The first-order chi connectivity index (χ1) is 7.77. The van der Waals surface area contributed by atoms with Gasteiger partial charge in [0.25, 0.3) is 0 Å². The third-order valence-corrected chi connectivity index (χ3v) is 3.92. The Labute approximate surface area is 102 Å². The molecule has 1 saturated heterocycles. The molecule has 0 amide bonds. The minimum Gasteiger partial charge on any atom is -0.469 e. The van der Waals surface area contributed by atoms with Crippen molar-refractivity contribution in [2.45, 2.75) is 25.3 Å². The molecule has 0 aliphatic carbocycles. The molecule has 0 radical (unpaired) electrons. The number of carbonyl (C=O) groups is 1. The number of unbranched alkanes of at least 4 members (excludes halogenated alkanes) is 1. The number of carbonyl (C=O) groups excluding carboxylic acids is 1. The van der Waals surface area contributed by atoms with Crippen LogP contribution in [0.3, 0.4) is 0 Å². The Balaban J connectivity index is 2.37. The maximum atomic E-state index is 11.3. The zero-order valence-electron chi connectivity index (χ0n) is 9.98. The number of hydrogen-bond acceptors (Lipinski definition) is 4. The molecule has 1 rings (SSSR count). The first kappa shape index (κ1) is 13.6. The summed E-state index contributed by atoms with van der Waals surface area (Å²) in [4.78, 5) is 13.7. The zero-order valence-corrected chi connectivity index (χ0v) is 10.8. The van der Waals surface area contributed by atoms with Crippen LogP contribution in [-0.2, 0) is 9.53 Å². The number of nitrogens with zero attached hydrogens (tertiary/aromatic N) is 1. The molecular formula is C12H21NO2S. The van der Waals surface area contributed by atoms with E-state index in [9.17, 15) is 4.79 Å². The number of ether oxygens (including phenoxy) is 1. The third-order valence-electron chi connectivity index (χ3n) is 2.83. The highest BCUT2D eigenvalue weighted by Crippen LogP contribution is 2.19. The first-order valence-electron chi connectivity index (χ1n) is 5.77. The van der Waals surface area contributed by atoms with Crippen LogP contribution in [0.4, 0.5) is 0 Å². The van der Waals surface area contributed by atoms with E-state index < -0.39 is 0 Å². The number of allylic oxidation sites excluding steroid dienone is 1. The Hall–Kier alpha value is -0.480. The van der Waals surface area contributed by atoms with Crippen LogP contribution in [0.15, 0.2) is 12.7 Å². The number of rotatable bonds is 6. The van der Waals surface area contributed by atoms with E-state index >= 15 is 0 Å². The van der Waals surface area contributed by atoms with Gasteiger partial charge in [0.1, 0.15) is 0 Å². The molecule has 0 aromatic heterocycles. The Kier molecular flexibility index (Phi) is 6.57. The fraction of sp³-hybridized carbons (Fsp3) is 0.750. The van der Waals surface area contributed by atoms with Crippen molar-refractivity contribution in [2.75, 3.05) is 31.7 Å². The molecule has 0 spiro atoms. The van der Waals surface area contributed by atoms with Crippen LogP contribution in [0.5, 0.6) is 0 Å². The molecule has 4 heteroatoms. The Bertz CT molecular complexity index is 233. The van der Waals surface area contributed by atoms with Crippen molar-refractivity contribution in [3.8, 4) is 0 Å². The Morgan fingerprint density at radius 3 is 3.19 bits per heavy atom. The largest absolute Gasteiger partial charge is 0.469 e. The smallest absolute Gasteiger partial charge is 0.307 e. The maximum Gasteiger partial charge on any atom is 0.307 e. The fourth-order valence-corrected chi connectivity index (χ4v) is 3.02. The van der Waals surface area contributed by atoms with Gasteiger partial charge in [-0.1, -0.05) is 6.08 Å². The van der Waals surface area contributed by atoms with E-state index in [-0.39, 0.29) is 5.97 Å². The van der Waals surface area contributed by atoms with E-state index in [2.05, 4.69) is 11.5 Å². The topological polar surface area (TPSA) is 29.5 Å². The van der Waals surface area contributed by atoms with Gasteiger partial charge in [0.15, 0.2) is 0 Å². The Morgan fingerprint density at radius 2 is 2.50 bits per heavy atom. The summed E-state index contributed by atoms with van der Waals surface area (Å²) in [5.74, 6) is 2.12. The second kappa shape index (κ2) is 7.74. The summed E-state index contributed by atoms with van der Waals surface area (Å²) in [5, 5.41) is 0. The van der Waals surface area contributed by atoms with Gasteiger partial charge >= 0.3 is 5.97 Å². The van der Waals surface area contributed by atoms with Gasteiger partial charge in [0.2, 0.25) is 0 Å². The summed E-state index contributed by atoms with van der Waals surface area (Å²) < 4.78 is 4.74. The van der Waals surface area contributed by atoms with Gasteiger partial charge in [0.05, 0.1) is 13.5 Å². The van der Waals surface area contributed by atoms with Crippen LogP contribution in [0, 0.1) is 0 Å². The molecular weight excluding hydrogens is 222 g/mol. The van der Waals surface area contributed by atoms with Crippen molar-refractivity contribution in [3.05, 3.63) is 12.7 Å². The number of esters is 1. The summed E-state index contributed by atoms with van der Waals surface area (Å²) in [6.45, 7) is 5.88.